The molecule has 2 rings (SSSR count). The van der Waals surface area contributed by atoms with Crippen molar-refractivity contribution in [3.05, 3.63) is 64.8 Å². The molecular formula is C16H12BrN3O4S. The lowest BCUT2D eigenvalue weighted by Crippen LogP contribution is -2.15. The second-order valence-electron chi connectivity index (χ2n) is 4.78. The van der Waals surface area contributed by atoms with Gasteiger partial charge in [0.2, 0.25) is 0 Å². The van der Waals surface area contributed by atoms with E-state index in [1.807, 2.05) is 6.07 Å². The second-order valence-corrected chi connectivity index (χ2v) is 7.12. The Bertz CT molecular complexity index is 981. The number of nitriles is 1. The van der Waals surface area contributed by atoms with E-state index in [-0.39, 0.29) is 16.2 Å². The van der Waals surface area contributed by atoms with Crippen molar-refractivity contribution < 1.29 is 17.8 Å². The lowest BCUT2D eigenvalue weighted by Gasteiger charge is -2.06. The summed E-state index contributed by atoms with van der Waals surface area (Å²) in [5.41, 5.74) is 0.587. The van der Waals surface area contributed by atoms with Crippen LogP contribution >= 0.6 is 15.9 Å². The van der Waals surface area contributed by atoms with Gasteiger partial charge in [-0.3, -0.25) is 9.35 Å². The van der Waals surface area contributed by atoms with Crippen LogP contribution in [0.25, 0.3) is 0 Å². The van der Waals surface area contributed by atoms with Crippen LogP contribution in [-0.4, -0.2) is 18.9 Å². The Morgan fingerprint density at radius 2 is 1.84 bits per heavy atom. The summed E-state index contributed by atoms with van der Waals surface area (Å²) in [6.45, 7) is 0. The maximum Gasteiger partial charge on any atom is 0.294 e. The van der Waals surface area contributed by atoms with Crippen LogP contribution in [0.3, 0.4) is 0 Å². The fourth-order valence-electron chi connectivity index (χ4n) is 1.82. The normalized spacial score (nSPS) is 11.5. The summed E-state index contributed by atoms with van der Waals surface area (Å²) in [7, 11) is -4.38. The highest BCUT2D eigenvalue weighted by Crippen LogP contribution is 2.17. The number of amides is 1. The first-order chi connectivity index (χ1) is 11.8. The van der Waals surface area contributed by atoms with Gasteiger partial charge in [-0.2, -0.15) is 13.7 Å². The molecular weight excluding hydrogens is 410 g/mol. The summed E-state index contributed by atoms with van der Waals surface area (Å²) in [6, 6.07) is 13.9. The number of anilines is 2. The van der Waals surface area contributed by atoms with E-state index in [0.717, 1.165) is 10.5 Å². The fourth-order valence-corrected chi connectivity index (χ4v) is 2.74. The van der Waals surface area contributed by atoms with Crippen molar-refractivity contribution in [1.82, 2.24) is 0 Å². The van der Waals surface area contributed by atoms with Crippen LogP contribution in [0.5, 0.6) is 0 Å². The molecule has 0 spiro atoms. The molecule has 128 valence electrons. The number of nitrogens with one attached hydrogen (secondary N) is 2. The van der Waals surface area contributed by atoms with Crippen molar-refractivity contribution in [1.29, 1.82) is 5.26 Å². The maximum absolute atomic E-state index is 12.1. The van der Waals surface area contributed by atoms with Crippen LogP contribution in [0.15, 0.2) is 69.7 Å². The van der Waals surface area contributed by atoms with Gasteiger partial charge in [-0.1, -0.05) is 28.1 Å². The predicted molar refractivity (Wildman–Crippen MR) is 96.3 cm³/mol. The van der Waals surface area contributed by atoms with E-state index in [1.54, 1.807) is 24.3 Å². The van der Waals surface area contributed by atoms with E-state index < -0.39 is 16.0 Å². The van der Waals surface area contributed by atoms with Crippen LogP contribution in [0.1, 0.15) is 0 Å². The van der Waals surface area contributed by atoms with Crippen molar-refractivity contribution in [2.24, 2.45) is 0 Å². The minimum absolute atomic E-state index is 0.128. The number of carbonyl (C=O) groups excluding carboxylic acids is 1. The molecule has 0 atom stereocenters. The molecule has 0 unspecified atom stereocenters. The number of nitrogens with zero attached hydrogens (tertiary/aromatic N) is 1. The van der Waals surface area contributed by atoms with Gasteiger partial charge in [0.15, 0.2) is 0 Å². The standard InChI is InChI=1S/C16H12BrN3O4S/c17-12-3-1-4-13(7-12)19-10-11(9-18)16(21)20-14-5-2-6-15(8-14)25(22,23)24/h1-8,10,19H,(H,20,21)(H,22,23,24)/b11-10-. The van der Waals surface area contributed by atoms with Crippen molar-refractivity contribution in [2.45, 2.75) is 4.90 Å². The van der Waals surface area contributed by atoms with Crippen LogP contribution in [0.4, 0.5) is 11.4 Å². The number of rotatable bonds is 5. The molecule has 3 N–H and O–H groups in total. The molecule has 0 saturated carbocycles. The third-order valence-corrected chi connectivity index (χ3v) is 4.31. The topological polar surface area (TPSA) is 119 Å². The monoisotopic (exact) mass is 421 g/mol. The van der Waals surface area contributed by atoms with Crippen molar-refractivity contribution in [3.8, 4) is 6.07 Å². The molecule has 0 saturated heterocycles. The summed E-state index contributed by atoms with van der Waals surface area (Å²) in [6.07, 6.45) is 1.24. The zero-order valence-corrected chi connectivity index (χ0v) is 15.0. The van der Waals surface area contributed by atoms with Gasteiger partial charge in [0.1, 0.15) is 11.6 Å². The summed E-state index contributed by atoms with van der Waals surface area (Å²) >= 11 is 3.31. The Kier molecular flexibility index (Phi) is 5.93. The first-order valence-corrected chi connectivity index (χ1v) is 9.04. The molecule has 0 aromatic heterocycles. The molecule has 7 nitrogen and oxygen atoms in total. The molecule has 9 heteroatoms. The molecule has 2 aromatic rings. The average Bonchev–Trinajstić information content (AvgIpc) is 2.55. The van der Waals surface area contributed by atoms with Gasteiger partial charge in [-0.15, -0.1) is 0 Å². The van der Waals surface area contributed by atoms with Gasteiger partial charge in [0.05, 0.1) is 4.90 Å². The van der Waals surface area contributed by atoms with E-state index in [9.17, 15) is 13.2 Å². The van der Waals surface area contributed by atoms with Crippen molar-refractivity contribution in [2.75, 3.05) is 10.6 Å². The van der Waals surface area contributed by atoms with Gasteiger partial charge in [0, 0.05) is 22.0 Å². The minimum atomic E-state index is -4.38. The SMILES string of the molecule is N#C/C(=C/Nc1cccc(Br)c1)C(=O)Nc1cccc(S(=O)(=O)O)c1. The molecule has 0 fully saturated rings. The smallest absolute Gasteiger partial charge is 0.294 e. The van der Waals surface area contributed by atoms with Gasteiger partial charge in [0.25, 0.3) is 16.0 Å². The summed E-state index contributed by atoms with van der Waals surface area (Å²) in [5, 5.41) is 14.4. The molecule has 0 aliphatic heterocycles. The number of hydrogen-bond donors (Lipinski definition) is 3. The molecule has 0 aliphatic carbocycles. The highest BCUT2D eigenvalue weighted by Gasteiger charge is 2.13. The fraction of sp³-hybridized carbons (Fsp3) is 0. The predicted octanol–water partition coefficient (Wildman–Crippen LogP) is 3.15. The lowest BCUT2D eigenvalue weighted by molar-refractivity contribution is -0.112. The van der Waals surface area contributed by atoms with Crippen molar-refractivity contribution in [3.63, 3.8) is 0 Å². The summed E-state index contributed by atoms with van der Waals surface area (Å²) in [4.78, 5) is 11.8. The molecule has 1 amide bonds. The van der Waals surface area contributed by atoms with Crippen LogP contribution in [0.2, 0.25) is 0 Å². The quantitative estimate of drug-likeness (QED) is 0.387. The van der Waals surface area contributed by atoms with Gasteiger partial charge in [-0.25, -0.2) is 0 Å². The lowest BCUT2D eigenvalue weighted by atomic mass is 10.2. The Morgan fingerprint density at radius 3 is 2.48 bits per heavy atom. The van der Waals surface area contributed by atoms with Gasteiger partial charge >= 0.3 is 0 Å². The highest BCUT2D eigenvalue weighted by molar-refractivity contribution is 9.10. The molecule has 0 bridgehead atoms. The van der Waals surface area contributed by atoms with Crippen LogP contribution in [-0.2, 0) is 14.9 Å². The van der Waals surface area contributed by atoms with Crippen molar-refractivity contribution >= 4 is 43.3 Å². The van der Waals surface area contributed by atoms with Crippen LogP contribution in [0, 0.1) is 11.3 Å². The van der Waals surface area contributed by atoms with Crippen LogP contribution < -0.4 is 10.6 Å². The molecule has 0 aliphatic rings. The number of hydrogen-bond acceptors (Lipinski definition) is 5. The third-order valence-electron chi connectivity index (χ3n) is 2.96. The minimum Gasteiger partial charge on any atom is -0.360 e. The molecule has 25 heavy (non-hydrogen) atoms. The Morgan fingerprint density at radius 1 is 1.16 bits per heavy atom. The van der Waals surface area contributed by atoms with E-state index in [2.05, 4.69) is 26.6 Å². The zero-order valence-electron chi connectivity index (χ0n) is 12.6. The van der Waals surface area contributed by atoms with Gasteiger partial charge in [-0.05, 0) is 36.4 Å². The average molecular weight is 422 g/mol. The number of benzene rings is 2. The van der Waals surface area contributed by atoms with Gasteiger partial charge < -0.3 is 10.6 Å². The third kappa shape index (κ3) is 5.42. The first kappa shape index (κ1) is 18.7. The molecule has 0 radical (unpaired) electrons. The van der Waals surface area contributed by atoms with E-state index >= 15 is 0 Å². The molecule has 2 aromatic carbocycles. The largest absolute Gasteiger partial charge is 0.360 e. The number of halogens is 1. The Hall–Kier alpha value is -2.67. The first-order valence-electron chi connectivity index (χ1n) is 6.81. The van der Waals surface area contributed by atoms with E-state index in [4.69, 9.17) is 9.81 Å². The highest BCUT2D eigenvalue weighted by atomic mass is 79.9. The summed E-state index contributed by atoms with van der Waals surface area (Å²) in [5.74, 6) is -0.725. The second kappa shape index (κ2) is 7.94. The van der Waals surface area contributed by atoms with E-state index in [1.165, 1.54) is 24.4 Å². The number of carbonyl (C=O) groups is 1. The molecule has 0 heterocycles. The summed E-state index contributed by atoms with van der Waals surface area (Å²) < 4.78 is 32.1. The van der Waals surface area contributed by atoms with E-state index in [0.29, 0.717) is 5.69 Å². The Labute approximate surface area is 152 Å². The maximum atomic E-state index is 12.1. The Balaban J connectivity index is 2.15. The zero-order chi connectivity index (χ0) is 18.4.